The Balaban J connectivity index is 1.38. The highest BCUT2D eigenvalue weighted by Crippen LogP contribution is 2.33. The first-order chi connectivity index (χ1) is 16.0. The molecule has 2 aliphatic rings. The molecule has 170 valence electrons. The van der Waals surface area contributed by atoms with Gasteiger partial charge < -0.3 is 20.1 Å². The van der Waals surface area contributed by atoms with Crippen molar-refractivity contribution in [2.75, 3.05) is 12.1 Å². The summed E-state index contributed by atoms with van der Waals surface area (Å²) < 4.78 is 12.3. The van der Waals surface area contributed by atoms with E-state index in [-0.39, 0.29) is 30.6 Å². The molecule has 33 heavy (non-hydrogen) atoms. The van der Waals surface area contributed by atoms with Gasteiger partial charge >= 0.3 is 0 Å². The molecule has 0 saturated carbocycles. The number of carbonyl (C=O) groups is 2. The zero-order chi connectivity index (χ0) is 22.9. The molecular formula is C23H23N5O4S. The second-order valence-corrected chi connectivity index (χ2v) is 8.87. The van der Waals surface area contributed by atoms with E-state index >= 15 is 0 Å². The highest BCUT2D eigenvalue weighted by atomic mass is 32.1. The number of hydrogen-bond donors (Lipinski definition) is 3. The lowest BCUT2D eigenvalue weighted by Gasteiger charge is -2.34. The summed E-state index contributed by atoms with van der Waals surface area (Å²) in [6, 6.07) is 11.1. The molecule has 5 rings (SSSR count). The molecule has 1 saturated heterocycles. The number of benzene rings is 1. The second-order valence-electron chi connectivity index (χ2n) is 7.93. The summed E-state index contributed by atoms with van der Waals surface area (Å²) in [7, 11) is 0. The van der Waals surface area contributed by atoms with Crippen LogP contribution in [0.15, 0.2) is 47.9 Å². The highest BCUT2D eigenvalue weighted by Gasteiger charge is 2.32. The van der Waals surface area contributed by atoms with Crippen LogP contribution in [0.4, 0.5) is 5.82 Å². The van der Waals surface area contributed by atoms with Crippen molar-refractivity contribution >= 4 is 35.0 Å². The van der Waals surface area contributed by atoms with E-state index in [4.69, 9.17) is 9.47 Å². The SMILES string of the molecule is CC1NC(n2nc(-c3cccs3)cc2NC(=O)/C=C/c2ccc3c(c2)OCO3)NC(=O)C1C. The Morgan fingerprint density at radius 1 is 1.24 bits per heavy atom. The molecular weight excluding hydrogens is 442 g/mol. The van der Waals surface area contributed by atoms with Gasteiger partial charge in [0.25, 0.3) is 0 Å². The zero-order valence-corrected chi connectivity index (χ0v) is 18.9. The van der Waals surface area contributed by atoms with Gasteiger partial charge in [-0.1, -0.05) is 19.1 Å². The number of nitrogens with one attached hydrogen (secondary N) is 3. The summed E-state index contributed by atoms with van der Waals surface area (Å²) in [6.45, 7) is 4.02. The molecule has 3 aromatic rings. The molecule has 3 unspecified atom stereocenters. The number of amides is 2. The van der Waals surface area contributed by atoms with Crippen LogP contribution in [-0.2, 0) is 9.59 Å². The third kappa shape index (κ3) is 4.35. The first kappa shape index (κ1) is 21.2. The van der Waals surface area contributed by atoms with Gasteiger partial charge in [-0.15, -0.1) is 11.3 Å². The first-order valence-corrected chi connectivity index (χ1v) is 11.4. The molecule has 1 fully saturated rings. The predicted molar refractivity (Wildman–Crippen MR) is 125 cm³/mol. The third-order valence-corrected chi connectivity index (χ3v) is 6.58. The number of thiophene rings is 1. The third-order valence-electron chi connectivity index (χ3n) is 5.69. The monoisotopic (exact) mass is 465 g/mol. The van der Waals surface area contributed by atoms with Crippen LogP contribution in [0.25, 0.3) is 16.6 Å². The number of fused-ring (bicyclic) bond motifs is 1. The molecule has 0 bridgehead atoms. The Labute approximate surface area is 194 Å². The van der Waals surface area contributed by atoms with Crippen molar-refractivity contribution in [1.29, 1.82) is 0 Å². The van der Waals surface area contributed by atoms with Crippen molar-refractivity contribution < 1.29 is 19.1 Å². The quantitative estimate of drug-likeness (QED) is 0.500. The average molecular weight is 466 g/mol. The molecule has 10 heteroatoms. The molecule has 3 N–H and O–H groups in total. The normalized spacial score (nSPS) is 21.9. The number of hydrogen-bond acceptors (Lipinski definition) is 7. The van der Waals surface area contributed by atoms with Crippen molar-refractivity contribution in [2.45, 2.75) is 26.2 Å². The number of aromatic nitrogens is 2. The van der Waals surface area contributed by atoms with Gasteiger partial charge in [-0.2, -0.15) is 5.10 Å². The first-order valence-electron chi connectivity index (χ1n) is 10.6. The minimum absolute atomic E-state index is 0.0485. The van der Waals surface area contributed by atoms with Crippen LogP contribution in [0.1, 0.15) is 25.7 Å². The summed E-state index contributed by atoms with van der Waals surface area (Å²) in [4.78, 5) is 26.1. The maximum absolute atomic E-state index is 12.7. The van der Waals surface area contributed by atoms with E-state index in [2.05, 4.69) is 21.0 Å². The largest absolute Gasteiger partial charge is 0.454 e. The Morgan fingerprint density at radius 2 is 2.09 bits per heavy atom. The van der Waals surface area contributed by atoms with E-state index in [0.717, 1.165) is 10.4 Å². The zero-order valence-electron chi connectivity index (χ0n) is 18.1. The maximum atomic E-state index is 12.7. The van der Waals surface area contributed by atoms with Gasteiger partial charge in [0, 0.05) is 18.2 Å². The molecule has 1 aromatic carbocycles. The summed E-state index contributed by atoms with van der Waals surface area (Å²) >= 11 is 1.55. The number of carbonyl (C=O) groups excluding carboxylic acids is 2. The van der Waals surface area contributed by atoms with Crippen LogP contribution in [0, 0.1) is 5.92 Å². The molecule has 2 amide bonds. The highest BCUT2D eigenvalue weighted by molar-refractivity contribution is 7.13. The molecule has 3 atom stereocenters. The van der Waals surface area contributed by atoms with Crippen molar-refractivity contribution in [3.8, 4) is 22.1 Å². The minimum Gasteiger partial charge on any atom is -0.454 e. The predicted octanol–water partition coefficient (Wildman–Crippen LogP) is 3.19. The Kier molecular flexibility index (Phi) is 5.61. The Hall–Kier alpha value is -3.63. The van der Waals surface area contributed by atoms with Gasteiger partial charge in [0.1, 0.15) is 11.5 Å². The van der Waals surface area contributed by atoms with Gasteiger partial charge in [0.2, 0.25) is 18.6 Å². The van der Waals surface area contributed by atoms with E-state index in [0.29, 0.717) is 23.0 Å². The van der Waals surface area contributed by atoms with E-state index in [1.54, 1.807) is 28.2 Å². The van der Waals surface area contributed by atoms with Crippen LogP contribution in [0.2, 0.25) is 0 Å². The fraction of sp³-hybridized carbons (Fsp3) is 0.261. The lowest BCUT2D eigenvalue weighted by molar-refractivity contribution is -0.130. The van der Waals surface area contributed by atoms with Crippen molar-refractivity contribution in [2.24, 2.45) is 5.92 Å². The Bertz CT molecular complexity index is 1220. The molecule has 0 radical (unpaired) electrons. The summed E-state index contributed by atoms with van der Waals surface area (Å²) in [6.07, 6.45) is 2.56. The average Bonchev–Trinajstić information content (AvgIpc) is 3.56. The van der Waals surface area contributed by atoms with Gasteiger partial charge in [-0.25, -0.2) is 4.68 Å². The number of nitrogens with zero attached hydrogens (tertiary/aromatic N) is 2. The molecule has 9 nitrogen and oxygen atoms in total. The van der Waals surface area contributed by atoms with Crippen LogP contribution in [0.5, 0.6) is 11.5 Å². The Morgan fingerprint density at radius 3 is 2.88 bits per heavy atom. The molecule has 2 aliphatic heterocycles. The number of anilines is 1. The van der Waals surface area contributed by atoms with Crippen LogP contribution >= 0.6 is 11.3 Å². The van der Waals surface area contributed by atoms with Crippen molar-refractivity contribution in [3.63, 3.8) is 0 Å². The fourth-order valence-corrected chi connectivity index (χ4v) is 4.33. The summed E-state index contributed by atoms with van der Waals surface area (Å²) in [5, 5.41) is 15.8. The van der Waals surface area contributed by atoms with Crippen LogP contribution < -0.4 is 25.4 Å². The van der Waals surface area contributed by atoms with E-state index in [1.807, 2.05) is 49.6 Å². The van der Waals surface area contributed by atoms with E-state index in [1.165, 1.54) is 6.08 Å². The van der Waals surface area contributed by atoms with Gasteiger partial charge in [0.05, 0.1) is 10.8 Å². The molecule has 2 aromatic heterocycles. The second kappa shape index (κ2) is 8.72. The lowest BCUT2D eigenvalue weighted by Crippen LogP contribution is -2.57. The van der Waals surface area contributed by atoms with Crippen molar-refractivity contribution in [3.05, 3.63) is 53.4 Å². The van der Waals surface area contributed by atoms with Crippen LogP contribution in [0.3, 0.4) is 0 Å². The minimum atomic E-state index is -0.578. The topological polar surface area (TPSA) is 107 Å². The molecule has 0 spiro atoms. The molecule has 0 aliphatic carbocycles. The molecule has 4 heterocycles. The van der Waals surface area contributed by atoms with E-state index < -0.39 is 6.29 Å². The van der Waals surface area contributed by atoms with E-state index in [9.17, 15) is 9.59 Å². The standard InChI is InChI=1S/C23H23N5O4S/c1-13-14(2)24-23(26-22(13)30)28-20(11-16(27-28)19-4-3-9-33-19)25-21(29)8-6-15-5-7-17-18(10-15)32-12-31-17/h3-11,13-14,23-24H,12H2,1-2H3,(H,25,29)(H,26,30)/b8-6+. The van der Waals surface area contributed by atoms with Crippen molar-refractivity contribution in [1.82, 2.24) is 20.4 Å². The van der Waals surface area contributed by atoms with Gasteiger partial charge in [-0.3, -0.25) is 14.9 Å². The van der Waals surface area contributed by atoms with Gasteiger partial charge in [-0.05, 0) is 42.1 Å². The fourth-order valence-electron chi connectivity index (χ4n) is 3.65. The summed E-state index contributed by atoms with van der Waals surface area (Å²) in [5.74, 6) is 1.25. The number of rotatable bonds is 5. The lowest BCUT2D eigenvalue weighted by atomic mass is 10.0. The van der Waals surface area contributed by atoms with Crippen LogP contribution in [-0.4, -0.2) is 34.4 Å². The smallest absolute Gasteiger partial charge is 0.249 e. The number of ether oxygens (including phenoxy) is 2. The maximum Gasteiger partial charge on any atom is 0.249 e. The summed E-state index contributed by atoms with van der Waals surface area (Å²) in [5.41, 5.74) is 1.52. The van der Waals surface area contributed by atoms with Gasteiger partial charge in [0.15, 0.2) is 17.8 Å².